The minimum absolute atomic E-state index is 0.414. The molecule has 2 aromatic heterocycles. The lowest BCUT2D eigenvalue weighted by Crippen LogP contribution is -2.30. The van der Waals surface area contributed by atoms with Gasteiger partial charge in [0.15, 0.2) is 5.56 Å². The Labute approximate surface area is 134 Å². The molecule has 1 amide bonds. The first-order valence-electron chi connectivity index (χ1n) is 6.92. The van der Waals surface area contributed by atoms with Crippen LogP contribution in [0.2, 0.25) is 0 Å². The van der Waals surface area contributed by atoms with Gasteiger partial charge in [-0.1, -0.05) is 0 Å². The van der Waals surface area contributed by atoms with E-state index in [1.165, 1.54) is 0 Å². The van der Waals surface area contributed by atoms with Crippen LogP contribution < -0.4 is 16.6 Å². The van der Waals surface area contributed by atoms with E-state index < -0.39 is 28.6 Å². The zero-order valence-corrected chi connectivity index (χ0v) is 12.5. The van der Waals surface area contributed by atoms with Crippen LogP contribution in [0.5, 0.6) is 5.88 Å². The predicted octanol–water partition coefficient (Wildman–Crippen LogP) is 0.515. The molecule has 0 aliphatic carbocycles. The van der Waals surface area contributed by atoms with E-state index in [4.69, 9.17) is 0 Å². The van der Waals surface area contributed by atoms with E-state index in [0.29, 0.717) is 5.69 Å². The molecule has 9 nitrogen and oxygen atoms in total. The normalized spacial score (nSPS) is 10.5. The lowest BCUT2D eigenvalue weighted by molar-refractivity contribution is 0.102. The summed E-state index contributed by atoms with van der Waals surface area (Å²) in [6.07, 6.45) is 3.58. The summed E-state index contributed by atoms with van der Waals surface area (Å²) < 4.78 is 1.68. The molecule has 0 bridgehead atoms. The molecule has 0 aliphatic rings. The molecule has 2 heterocycles. The topological polar surface area (TPSA) is 133 Å². The maximum Gasteiger partial charge on any atom is 0.328 e. The number of aromatic nitrogens is 4. The predicted molar refractivity (Wildman–Crippen MR) is 85.6 cm³/mol. The molecule has 0 radical (unpaired) electrons. The summed E-state index contributed by atoms with van der Waals surface area (Å²) in [5, 5.41) is 16.2. The number of nitrogens with zero attached hydrogens (tertiary/aromatic N) is 2. The first-order valence-corrected chi connectivity index (χ1v) is 6.92. The molecular weight excluding hydrogens is 314 g/mol. The SMILES string of the molecule is Cc1cnn(-c2ccc(NC(=O)c3c(O)[nH]c(=O)[nH]c3=O)cc2)c1. The standard InChI is InChI=1S/C15H13N5O4/c1-8-6-16-20(7-8)10-4-2-9(3-5-10)17-12(21)11-13(22)18-15(24)19-14(11)23/h2-7H,1H3,(H,17,21)(H3,18,19,22,23,24). The molecule has 4 N–H and O–H groups in total. The molecule has 0 spiro atoms. The molecule has 0 atom stereocenters. The van der Waals surface area contributed by atoms with Crippen LogP contribution in [0.3, 0.4) is 0 Å². The number of aromatic hydroxyl groups is 1. The van der Waals surface area contributed by atoms with Crippen molar-refractivity contribution in [2.75, 3.05) is 5.32 Å². The van der Waals surface area contributed by atoms with Gasteiger partial charge in [-0.2, -0.15) is 5.10 Å². The van der Waals surface area contributed by atoms with Crippen LogP contribution in [-0.4, -0.2) is 30.8 Å². The number of rotatable bonds is 3. The largest absolute Gasteiger partial charge is 0.494 e. The van der Waals surface area contributed by atoms with Crippen molar-refractivity contribution < 1.29 is 9.90 Å². The Morgan fingerprint density at radius 1 is 1.21 bits per heavy atom. The van der Waals surface area contributed by atoms with Crippen LogP contribution >= 0.6 is 0 Å². The fraction of sp³-hybridized carbons (Fsp3) is 0.0667. The zero-order chi connectivity index (χ0) is 17.3. The number of carbonyl (C=O) groups is 1. The third-order valence-electron chi connectivity index (χ3n) is 3.25. The number of aryl methyl sites for hydroxylation is 1. The van der Waals surface area contributed by atoms with E-state index in [1.54, 1.807) is 35.1 Å². The van der Waals surface area contributed by atoms with Crippen molar-refractivity contribution >= 4 is 11.6 Å². The first kappa shape index (κ1) is 15.3. The summed E-state index contributed by atoms with van der Waals surface area (Å²) >= 11 is 0. The number of anilines is 1. The van der Waals surface area contributed by atoms with Gasteiger partial charge in [0.25, 0.3) is 11.5 Å². The van der Waals surface area contributed by atoms with Gasteiger partial charge in [0.1, 0.15) is 0 Å². The lowest BCUT2D eigenvalue weighted by Gasteiger charge is -2.07. The van der Waals surface area contributed by atoms with Crippen LogP contribution in [0.4, 0.5) is 5.69 Å². The third-order valence-corrected chi connectivity index (χ3v) is 3.25. The summed E-state index contributed by atoms with van der Waals surface area (Å²) in [6, 6.07) is 6.72. The molecule has 24 heavy (non-hydrogen) atoms. The molecule has 0 saturated carbocycles. The molecule has 0 fully saturated rings. The number of hydrogen-bond acceptors (Lipinski definition) is 5. The fourth-order valence-electron chi connectivity index (χ4n) is 2.13. The van der Waals surface area contributed by atoms with Crippen molar-refractivity contribution in [3.05, 3.63) is 68.6 Å². The van der Waals surface area contributed by atoms with Gasteiger partial charge in [-0.25, -0.2) is 9.48 Å². The van der Waals surface area contributed by atoms with Crippen LogP contribution in [0.25, 0.3) is 5.69 Å². The van der Waals surface area contributed by atoms with Gasteiger partial charge in [-0.3, -0.25) is 19.6 Å². The molecular formula is C15H13N5O4. The van der Waals surface area contributed by atoms with E-state index in [9.17, 15) is 19.5 Å². The van der Waals surface area contributed by atoms with Gasteiger partial charge < -0.3 is 10.4 Å². The Kier molecular flexibility index (Phi) is 3.74. The van der Waals surface area contributed by atoms with Crippen molar-refractivity contribution in [3.63, 3.8) is 0 Å². The smallest absolute Gasteiger partial charge is 0.328 e. The van der Waals surface area contributed by atoms with E-state index >= 15 is 0 Å². The average Bonchev–Trinajstić information content (AvgIpc) is 2.93. The van der Waals surface area contributed by atoms with Crippen molar-refractivity contribution in [1.82, 2.24) is 19.7 Å². The van der Waals surface area contributed by atoms with E-state index in [1.807, 2.05) is 23.1 Å². The monoisotopic (exact) mass is 327 g/mol. The summed E-state index contributed by atoms with van der Waals surface area (Å²) in [4.78, 5) is 38.6. The highest BCUT2D eigenvalue weighted by Crippen LogP contribution is 2.15. The molecule has 0 saturated heterocycles. The molecule has 122 valence electrons. The van der Waals surface area contributed by atoms with Gasteiger partial charge in [-0.05, 0) is 36.8 Å². The van der Waals surface area contributed by atoms with E-state index in [-0.39, 0.29) is 0 Å². The molecule has 1 aromatic carbocycles. The van der Waals surface area contributed by atoms with Crippen LogP contribution in [0.15, 0.2) is 46.2 Å². The summed E-state index contributed by atoms with van der Waals surface area (Å²) in [5.41, 5.74) is -0.213. The van der Waals surface area contributed by atoms with Crippen molar-refractivity contribution in [2.24, 2.45) is 0 Å². The lowest BCUT2D eigenvalue weighted by atomic mass is 10.2. The van der Waals surface area contributed by atoms with Crippen molar-refractivity contribution in [2.45, 2.75) is 6.92 Å². The second-order valence-corrected chi connectivity index (χ2v) is 5.10. The highest BCUT2D eigenvalue weighted by molar-refractivity contribution is 6.05. The third kappa shape index (κ3) is 2.95. The average molecular weight is 327 g/mol. The fourth-order valence-corrected chi connectivity index (χ4v) is 2.13. The van der Waals surface area contributed by atoms with Crippen molar-refractivity contribution in [3.8, 4) is 11.6 Å². The van der Waals surface area contributed by atoms with Gasteiger partial charge in [-0.15, -0.1) is 0 Å². The number of amides is 1. The quantitative estimate of drug-likeness (QED) is 0.556. The number of benzene rings is 1. The maximum atomic E-state index is 12.1. The van der Waals surface area contributed by atoms with Crippen LogP contribution in [0, 0.1) is 6.92 Å². The second kappa shape index (κ2) is 5.88. The maximum absolute atomic E-state index is 12.1. The minimum atomic E-state index is -0.975. The Bertz CT molecular complexity index is 1010. The molecule has 0 unspecified atom stereocenters. The zero-order valence-electron chi connectivity index (χ0n) is 12.5. The van der Waals surface area contributed by atoms with Gasteiger partial charge >= 0.3 is 5.69 Å². The number of hydrogen-bond donors (Lipinski definition) is 4. The highest BCUT2D eigenvalue weighted by Gasteiger charge is 2.17. The summed E-state index contributed by atoms with van der Waals surface area (Å²) in [6.45, 7) is 1.92. The Morgan fingerprint density at radius 3 is 2.50 bits per heavy atom. The number of aromatic amines is 2. The Morgan fingerprint density at radius 2 is 1.92 bits per heavy atom. The first-order chi connectivity index (χ1) is 11.4. The number of H-pyrrole nitrogens is 2. The Balaban J connectivity index is 1.83. The summed E-state index contributed by atoms with van der Waals surface area (Å²) in [7, 11) is 0. The van der Waals surface area contributed by atoms with E-state index in [2.05, 4.69) is 10.4 Å². The number of nitrogens with one attached hydrogen (secondary N) is 3. The minimum Gasteiger partial charge on any atom is -0.494 e. The van der Waals surface area contributed by atoms with Crippen LogP contribution in [-0.2, 0) is 0 Å². The van der Waals surface area contributed by atoms with Crippen LogP contribution in [0.1, 0.15) is 15.9 Å². The second-order valence-electron chi connectivity index (χ2n) is 5.10. The molecule has 9 heteroatoms. The van der Waals surface area contributed by atoms with Gasteiger partial charge in [0.05, 0.1) is 11.9 Å². The van der Waals surface area contributed by atoms with E-state index in [0.717, 1.165) is 11.3 Å². The molecule has 3 aromatic rings. The molecule has 0 aliphatic heterocycles. The summed E-state index contributed by atoms with van der Waals surface area (Å²) in [5.74, 6) is -1.63. The van der Waals surface area contributed by atoms with Crippen molar-refractivity contribution in [1.29, 1.82) is 0 Å². The van der Waals surface area contributed by atoms with Gasteiger partial charge in [0.2, 0.25) is 5.88 Å². The molecule has 3 rings (SSSR count). The number of carbonyl (C=O) groups excluding carboxylic acids is 1. The Hall–Kier alpha value is -3.62. The van der Waals surface area contributed by atoms with Gasteiger partial charge in [0, 0.05) is 11.9 Å². The highest BCUT2D eigenvalue weighted by atomic mass is 16.3.